The first kappa shape index (κ1) is 22.7. The third-order valence-corrected chi connectivity index (χ3v) is 6.19. The minimum absolute atomic E-state index is 0.172. The van der Waals surface area contributed by atoms with E-state index in [0.717, 1.165) is 15.6 Å². The van der Waals surface area contributed by atoms with Gasteiger partial charge in [-0.15, -0.1) is 0 Å². The van der Waals surface area contributed by atoms with Gasteiger partial charge in [0.05, 0.1) is 24.2 Å². The molecule has 8 heteroatoms. The molecule has 0 saturated heterocycles. The van der Waals surface area contributed by atoms with Gasteiger partial charge in [0.15, 0.2) is 0 Å². The predicted molar refractivity (Wildman–Crippen MR) is 128 cm³/mol. The number of rotatable bonds is 7. The second kappa shape index (κ2) is 9.89. The SMILES string of the molecule is C/C(=N\NC(=O)c1ccc(CN(c2ccccc2)S(C)(=O)=O)cc1)c1cccc(Br)c1. The molecule has 0 saturated carbocycles. The van der Waals surface area contributed by atoms with Crippen molar-refractivity contribution in [2.45, 2.75) is 13.5 Å². The van der Waals surface area contributed by atoms with Crippen molar-refractivity contribution in [3.05, 3.63) is 100 Å². The minimum atomic E-state index is -3.46. The molecule has 0 spiro atoms. The van der Waals surface area contributed by atoms with Crippen LogP contribution in [0, 0.1) is 0 Å². The molecule has 3 aromatic carbocycles. The van der Waals surface area contributed by atoms with Gasteiger partial charge in [-0.3, -0.25) is 9.10 Å². The molecule has 160 valence electrons. The van der Waals surface area contributed by atoms with Crippen LogP contribution < -0.4 is 9.73 Å². The van der Waals surface area contributed by atoms with Gasteiger partial charge in [0.2, 0.25) is 10.0 Å². The Labute approximate surface area is 190 Å². The van der Waals surface area contributed by atoms with Gasteiger partial charge >= 0.3 is 0 Å². The molecule has 0 atom stereocenters. The lowest BCUT2D eigenvalue weighted by Gasteiger charge is -2.22. The average molecular weight is 500 g/mol. The summed E-state index contributed by atoms with van der Waals surface area (Å²) >= 11 is 3.41. The molecule has 0 unspecified atom stereocenters. The molecule has 1 amide bonds. The zero-order valence-corrected chi connectivity index (χ0v) is 19.5. The first-order chi connectivity index (χ1) is 14.7. The highest BCUT2D eigenvalue weighted by atomic mass is 79.9. The Kier molecular flexibility index (Phi) is 7.25. The molecule has 3 aromatic rings. The summed E-state index contributed by atoms with van der Waals surface area (Å²) in [4.78, 5) is 12.4. The van der Waals surface area contributed by atoms with Crippen molar-refractivity contribution in [2.24, 2.45) is 5.10 Å². The molecular formula is C23H22BrN3O3S. The molecular weight excluding hydrogens is 478 g/mol. The molecule has 0 aliphatic carbocycles. The van der Waals surface area contributed by atoms with E-state index in [-0.39, 0.29) is 12.5 Å². The molecule has 0 aliphatic heterocycles. The number of anilines is 1. The van der Waals surface area contributed by atoms with E-state index in [0.29, 0.717) is 17.0 Å². The Morgan fingerprint density at radius 2 is 1.65 bits per heavy atom. The second-order valence-corrected chi connectivity index (χ2v) is 9.77. The Morgan fingerprint density at radius 1 is 0.968 bits per heavy atom. The molecule has 0 aliphatic rings. The van der Waals surface area contributed by atoms with Gasteiger partial charge in [-0.1, -0.05) is 58.4 Å². The van der Waals surface area contributed by atoms with Crippen LogP contribution in [0.25, 0.3) is 0 Å². The maximum atomic E-state index is 12.4. The fourth-order valence-corrected chi connectivity index (χ4v) is 4.19. The molecule has 1 N–H and O–H groups in total. The highest BCUT2D eigenvalue weighted by Crippen LogP contribution is 2.20. The Balaban J connectivity index is 1.70. The number of carbonyl (C=O) groups excluding carboxylic acids is 1. The Bertz CT molecular complexity index is 1190. The van der Waals surface area contributed by atoms with E-state index in [1.165, 1.54) is 10.6 Å². The topological polar surface area (TPSA) is 78.8 Å². The van der Waals surface area contributed by atoms with Crippen molar-refractivity contribution in [2.75, 3.05) is 10.6 Å². The van der Waals surface area contributed by atoms with Crippen LogP contribution >= 0.6 is 15.9 Å². The number of hydrazone groups is 1. The Morgan fingerprint density at radius 3 is 2.26 bits per heavy atom. The van der Waals surface area contributed by atoms with Crippen molar-refractivity contribution >= 4 is 43.3 Å². The fourth-order valence-electron chi connectivity index (χ4n) is 2.90. The van der Waals surface area contributed by atoms with E-state index in [1.807, 2.05) is 37.3 Å². The quantitative estimate of drug-likeness (QED) is 0.382. The number of carbonyl (C=O) groups is 1. The first-order valence-electron chi connectivity index (χ1n) is 9.46. The largest absolute Gasteiger partial charge is 0.271 e. The monoisotopic (exact) mass is 499 g/mol. The summed E-state index contributed by atoms with van der Waals surface area (Å²) in [6, 6.07) is 23.3. The Hall–Kier alpha value is -2.97. The summed E-state index contributed by atoms with van der Waals surface area (Å²) in [7, 11) is -3.46. The molecule has 6 nitrogen and oxygen atoms in total. The third kappa shape index (κ3) is 6.26. The van der Waals surface area contributed by atoms with Crippen molar-refractivity contribution in [1.82, 2.24) is 5.43 Å². The molecule has 0 fully saturated rings. The standard InChI is InChI=1S/C23H22BrN3O3S/c1-17(20-7-6-8-21(24)15-20)25-26-23(28)19-13-11-18(12-14-19)16-27(31(2,29)30)22-9-4-3-5-10-22/h3-15H,16H2,1-2H3,(H,26,28)/b25-17+. The van der Waals surface area contributed by atoms with Crippen LogP contribution in [0.15, 0.2) is 88.4 Å². The highest BCUT2D eigenvalue weighted by molar-refractivity contribution is 9.10. The number of para-hydroxylation sites is 1. The fraction of sp³-hybridized carbons (Fsp3) is 0.130. The molecule has 31 heavy (non-hydrogen) atoms. The van der Waals surface area contributed by atoms with Crippen molar-refractivity contribution in [3.8, 4) is 0 Å². The third-order valence-electron chi connectivity index (χ3n) is 4.55. The molecule has 0 heterocycles. The summed E-state index contributed by atoms with van der Waals surface area (Å²) in [5.41, 5.74) is 5.91. The number of amides is 1. The van der Waals surface area contributed by atoms with Crippen LogP contribution in [0.3, 0.4) is 0 Å². The van der Waals surface area contributed by atoms with Gasteiger partial charge in [0, 0.05) is 10.0 Å². The maximum Gasteiger partial charge on any atom is 0.271 e. The van der Waals surface area contributed by atoms with E-state index >= 15 is 0 Å². The highest BCUT2D eigenvalue weighted by Gasteiger charge is 2.17. The molecule has 0 aromatic heterocycles. The summed E-state index contributed by atoms with van der Waals surface area (Å²) in [5, 5.41) is 4.16. The lowest BCUT2D eigenvalue weighted by atomic mass is 10.1. The van der Waals surface area contributed by atoms with E-state index in [2.05, 4.69) is 26.5 Å². The van der Waals surface area contributed by atoms with Gasteiger partial charge in [0.25, 0.3) is 5.91 Å². The van der Waals surface area contributed by atoms with Crippen molar-refractivity contribution in [1.29, 1.82) is 0 Å². The number of nitrogens with one attached hydrogen (secondary N) is 1. The average Bonchev–Trinajstić information content (AvgIpc) is 2.75. The van der Waals surface area contributed by atoms with Crippen LogP contribution in [-0.2, 0) is 16.6 Å². The van der Waals surface area contributed by atoms with Gasteiger partial charge in [-0.2, -0.15) is 5.10 Å². The predicted octanol–water partition coefficient (Wildman–Crippen LogP) is 4.57. The van der Waals surface area contributed by atoms with E-state index < -0.39 is 10.0 Å². The molecule has 0 radical (unpaired) electrons. The minimum Gasteiger partial charge on any atom is -0.267 e. The van der Waals surface area contributed by atoms with Crippen LogP contribution in [0.4, 0.5) is 5.69 Å². The molecule has 0 bridgehead atoms. The number of hydrogen-bond acceptors (Lipinski definition) is 4. The van der Waals surface area contributed by atoms with Crippen LogP contribution in [-0.4, -0.2) is 26.3 Å². The van der Waals surface area contributed by atoms with Crippen LogP contribution in [0.1, 0.15) is 28.4 Å². The van der Waals surface area contributed by atoms with Gasteiger partial charge < -0.3 is 0 Å². The summed E-state index contributed by atoms with van der Waals surface area (Å²) < 4.78 is 26.7. The van der Waals surface area contributed by atoms with Crippen LogP contribution in [0.2, 0.25) is 0 Å². The number of nitrogens with zero attached hydrogens (tertiary/aromatic N) is 2. The lowest BCUT2D eigenvalue weighted by Crippen LogP contribution is -2.29. The van der Waals surface area contributed by atoms with E-state index in [1.54, 1.807) is 48.5 Å². The van der Waals surface area contributed by atoms with E-state index in [4.69, 9.17) is 0 Å². The zero-order valence-electron chi connectivity index (χ0n) is 17.1. The summed E-state index contributed by atoms with van der Waals surface area (Å²) in [6.07, 6.45) is 1.17. The normalized spacial score (nSPS) is 11.8. The first-order valence-corrected chi connectivity index (χ1v) is 12.1. The van der Waals surface area contributed by atoms with Gasteiger partial charge in [-0.25, -0.2) is 13.8 Å². The maximum absolute atomic E-state index is 12.4. The number of hydrogen-bond donors (Lipinski definition) is 1. The summed E-state index contributed by atoms with van der Waals surface area (Å²) in [6.45, 7) is 1.99. The van der Waals surface area contributed by atoms with Crippen molar-refractivity contribution in [3.63, 3.8) is 0 Å². The van der Waals surface area contributed by atoms with E-state index in [9.17, 15) is 13.2 Å². The number of sulfonamides is 1. The zero-order chi connectivity index (χ0) is 22.4. The van der Waals surface area contributed by atoms with Crippen molar-refractivity contribution < 1.29 is 13.2 Å². The summed E-state index contributed by atoms with van der Waals surface area (Å²) in [5.74, 6) is -0.344. The van der Waals surface area contributed by atoms with Crippen LogP contribution in [0.5, 0.6) is 0 Å². The molecule has 3 rings (SSSR count). The second-order valence-electron chi connectivity index (χ2n) is 6.95. The smallest absolute Gasteiger partial charge is 0.267 e. The lowest BCUT2D eigenvalue weighted by molar-refractivity contribution is 0.0955. The number of benzene rings is 3. The number of halogens is 1. The van der Waals surface area contributed by atoms with Gasteiger partial charge in [0.1, 0.15) is 0 Å². The van der Waals surface area contributed by atoms with Gasteiger partial charge in [-0.05, 0) is 54.4 Å².